The van der Waals surface area contributed by atoms with Gasteiger partial charge in [0.15, 0.2) is 5.82 Å². The molecule has 0 radical (unpaired) electrons. The number of carbonyl (C=O) groups excluding carboxylic acids is 1. The van der Waals surface area contributed by atoms with Crippen LogP contribution >= 0.6 is 0 Å². The summed E-state index contributed by atoms with van der Waals surface area (Å²) >= 11 is 0. The monoisotopic (exact) mass is 167 g/mol. The fourth-order valence-electron chi connectivity index (χ4n) is 1.19. The number of anilines is 1. The zero-order valence-corrected chi connectivity index (χ0v) is 6.45. The average Bonchev–Trinajstić information content (AvgIpc) is 2.28. The quantitative estimate of drug-likeness (QED) is 0.512. The van der Waals surface area contributed by atoms with E-state index < -0.39 is 0 Å². The highest BCUT2D eigenvalue weighted by Gasteiger charge is 2.15. The van der Waals surface area contributed by atoms with Gasteiger partial charge in [-0.15, -0.1) is 5.10 Å². The molecule has 0 atom stereocenters. The Morgan fingerprint density at radius 3 is 3.25 bits per heavy atom. The van der Waals surface area contributed by atoms with Crippen molar-refractivity contribution in [3.63, 3.8) is 0 Å². The number of fused-ring (bicyclic) bond motifs is 1. The second-order valence-corrected chi connectivity index (χ2v) is 2.67. The van der Waals surface area contributed by atoms with Crippen LogP contribution in [0.25, 0.3) is 0 Å². The zero-order chi connectivity index (χ0) is 8.55. The maximum Gasteiger partial charge on any atom is 0.222 e. The number of rotatable bonds is 0. The first-order valence-electron chi connectivity index (χ1n) is 3.72. The molecular formula is C6H9N5O. The number of nitrogens with zero attached hydrogens (tertiary/aromatic N) is 3. The third-order valence-electron chi connectivity index (χ3n) is 1.87. The number of aryl methyl sites for hydroxylation is 1. The Morgan fingerprint density at radius 1 is 1.58 bits per heavy atom. The first-order chi connectivity index (χ1) is 5.77. The van der Waals surface area contributed by atoms with Crippen molar-refractivity contribution < 1.29 is 4.79 Å². The van der Waals surface area contributed by atoms with E-state index in [2.05, 4.69) is 15.6 Å². The predicted molar refractivity (Wildman–Crippen MR) is 40.9 cm³/mol. The highest BCUT2D eigenvalue weighted by Crippen LogP contribution is 2.09. The molecule has 1 aliphatic heterocycles. The van der Waals surface area contributed by atoms with Crippen molar-refractivity contribution in [2.45, 2.75) is 19.5 Å². The van der Waals surface area contributed by atoms with Crippen molar-refractivity contribution in [1.82, 2.24) is 20.3 Å². The summed E-state index contributed by atoms with van der Waals surface area (Å²) in [5.41, 5.74) is 6.32. The molecule has 0 saturated heterocycles. The smallest absolute Gasteiger partial charge is 0.222 e. The van der Waals surface area contributed by atoms with Crippen molar-refractivity contribution >= 4 is 11.7 Å². The summed E-state index contributed by atoms with van der Waals surface area (Å²) in [5.74, 6) is 0.428. The van der Waals surface area contributed by atoms with Crippen LogP contribution in [-0.2, 0) is 17.9 Å². The summed E-state index contributed by atoms with van der Waals surface area (Å²) < 4.78 is 1.66. The van der Waals surface area contributed by atoms with E-state index in [1.807, 2.05) is 0 Å². The lowest BCUT2D eigenvalue weighted by Crippen LogP contribution is -2.20. The Balaban J connectivity index is 2.33. The fourth-order valence-corrected chi connectivity index (χ4v) is 1.19. The van der Waals surface area contributed by atoms with E-state index in [-0.39, 0.29) is 5.91 Å². The fraction of sp³-hybridized carbons (Fsp3) is 0.500. The number of amides is 1. The summed E-state index contributed by atoms with van der Waals surface area (Å²) in [6, 6.07) is 0. The minimum Gasteiger partial charge on any atom is -0.381 e. The van der Waals surface area contributed by atoms with Crippen molar-refractivity contribution in [3.8, 4) is 0 Å². The first kappa shape index (κ1) is 7.08. The maximum atomic E-state index is 10.9. The number of nitrogen functional groups attached to an aromatic ring is 1. The van der Waals surface area contributed by atoms with Crippen LogP contribution in [-0.4, -0.2) is 20.9 Å². The largest absolute Gasteiger partial charge is 0.381 e. The third-order valence-corrected chi connectivity index (χ3v) is 1.87. The van der Waals surface area contributed by atoms with Gasteiger partial charge in [0, 0.05) is 6.42 Å². The molecule has 6 nitrogen and oxygen atoms in total. The van der Waals surface area contributed by atoms with Crippen LogP contribution in [0.1, 0.15) is 12.1 Å². The lowest BCUT2D eigenvalue weighted by molar-refractivity contribution is -0.121. The van der Waals surface area contributed by atoms with Crippen molar-refractivity contribution in [2.75, 3.05) is 5.73 Å². The van der Waals surface area contributed by atoms with E-state index in [1.165, 1.54) is 0 Å². The summed E-state index contributed by atoms with van der Waals surface area (Å²) in [5, 5.41) is 10.2. The van der Waals surface area contributed by atoms with Gasteiger partial charge in [-0.25, -0.2) is 4.68 Å². The van der Waals surface area contributed by atoms with Crippen LogP contribution in [0, 0.1) is 0 Å². The molecule has 3 N–H and O–H groups in total. The number of nitrogens with two attached hydrogens (primary N) is 1. The summed E-state index contributed by atoms with van der Waals surface area (Å²) in [6.45, 7) is 0.989. The van der Waals surface area contributed by atoms with Crippen molar-refractivity contribution in [1.29, 1.82) is 0 Å². The van der Waals surface area contributed by atoms with E-state index in [1.54, 1.807) is 4.68 Å². The molecule has 0 bridgehead atoms. The molecule has 0 saturated carbocycles. The number of hydrogen-bond donors (Lipinski definition) is 2. The van der Waals surface area contributed by atoms with Gasteiger partial charge < -0.3 is 11.1 Å². The second-order valence-electron chi connectivity index (χ2n) is 2.67. The van der Waals surface area contributed by atoms with Gasteiger partial charge in [0.25, 0.3) is 0 Å². The summed E-state index contributed by atoms with van der Waals surface area (Å²) in [7, 11) is 0. The van der Waals surface area contributed by atoms with E-state index >= 15 is 0 Å². The molecule has 0 aromatic carbocycles. The molecular weight excluding hydrogens is 158 g/mol. The molecule has 0 unspecified atom stereocenters. The van der Waals surface area contributed by atoms with Gasteiger partial charge >= 0.3 is 0 Å². The molecule has 2 rings (SSSR count). The number of nitrogens with one attached hydrogen (secondary N) is 1. The molecule has 1 amide bonds. The Labute approximate surface area is 68.7 Å². The van der Waals surface area contributed by atoms with Crippen LogP contribution in [0.2, 0.25) is 0 Å². The molecule has 6 heteroatoms. The second kappa shape index (κ2) is 2.47. The van der Waals surface area contributed by atoms with E-state index in [0.717, 1.165) is 5.69 Å². The van der Waals surface area contributed by atoms with E-state index in [4.69, 9.17) is 5.73 Å². The van der Waals surface area contributed by atoms with Crippen LogP contribution in [0.15, 0.2) is 0 Å². The lowest BCUT2D eigenvalue weighted by atomic mass is 10.4. The van der Waals surface area contributed by atoms with Crippen LogP contribution in [0.4, 0.5) is 5.82 Å². The summed E-state index contributed by atoms with van der Waals surface area (Å²) in [4.78, 5) is 10.9. The van der Waals surface area contributed by atoms with Crippen LogP contribution in [0.3, 0.4) is 0 Å². The molecule has 64 valence electrons. The Kier molecular flexibility index (Phi) is 1.46. The van der Waals surface area contributed by atoms with Gasteiger partial charge in [-0.2, -0.15) is 0 Å². The average molecular weight is 167 g/mol. The SMILES string of the molecule is Nc1nnn2c1CNC(=O)CC2. The molecule has 1 aromatic rings. The van der Waals surface area contributed by atoms with E-state index in [0.29, 0.717) is 25.3 Å². The predicted octanol–water partition coefficient (Wildman–Crippen LogP) is -1.12. The Morgan fingerprint density at radius 2 is 2.42 bits per heavy atom. The number of hydrogen-bond acceptors (Lipinski definition) is 4. The molecule has 12 heavy (non-hydrogen) atoms. The zero-order valence-electron chi connectivity index (χ0n) is 6.45. The van der Waals surface area contributed by atoms with Crippen LogP contribution in [0.5, 0.6) is 0 Å². The van der Waals surface area contributed by atoms with E-state index in [9.17, 15) is 4.79 Å². The standard InChI is InChI=1S/C6H9N5O/c7-6-4-3-8-5(12)1-2-11(4)10-9-6/h1-3,7H2,(H,8,12). The minimum absolute atomic E-state index is 0.0277. The number of carbonyl (C=O) groups is 1. The van der Waals surface area contributed by atoms with Crippen molar-refractivity contribution in [3.05, 3.63) is 5.69 Å². The highest BCUT2D eigenvalue weighted by atomic mass is 16.1. The Hall–Kier alpha value is -1.59. The molecule has 0 aliphatic carbocycles. The summed E-state index contributed by atoms with van der Waals surface area (Å²) in [6.07, 6.45) is 0.440. The van der Waals surface area contributed by atoms with Gasteiger partial charge in [-0.1, -0.05) is 5.21 Å². The van der Waals surface area contributed by atoms with Crippen molar-refractivity contribution in [2.24, 2.45) is 0 Å². The third kappa shape index (κ3) is 1.01. The highest BCUT2D eigenvalue weighted by molar-refractivity contribution is 5.76. The molecule has 2 heterocycles. The van der Waals surface area contributed by atoms with Gasteiger partial charge in [0.1, 0.15) is 5.69 Å². The van der Waals surface area contributed by atoms with Gasteiger partial charge in [-0.05, 0) is 0 Å². The lowest BCUT2D eigenvalue weighted by Gasteiger charge is -1.98. The van der Waals surface area contributed by atoms with Crippen LogP contribution < -0.4 is 11.1 Å². The molecule has 0 fully saturated rings. The van der Waals surface area contributed by atoms with Gasteiger partial charge in [0.05, 0.1) is 13.1 Å². The molecule has 0 spiro atoms. The minimum atomic E-state index is 0.0277. The van der Waals surface area contributed by atoms with Gasteiger partial charge in [0.2, 0.25) is 5.91 Å². The number of aromatic nitrogens is 3. The first-order valence-corrected chi connectivity index (χ1v) is 3.72. The topological polar surface area (TPSA) is 85.8 Å². The molecule has 1 aromatic heterocycles. The normalized spacial score (nSPS) is 16.5. The van der Waals surface area contributed by atoms with Gasteiger partial charge in [-0.3, -0.25) is 4.79 Å². The maximum absolute atomic E-state index is 10.9. The molecule has 1 aliphatic rings. The Bertz CT molecular complexity index is 318.